The molecule has 0 unspecified atom stereocenters. The summed E-state index contributed by atoms with van der Waals surface area (Å²) in [5.74, 6) is 0. The molecule has 0 saturated heterocycles. The third-order valence-electron chi connectivity index (χ3n) is 1.36. The van der Waals surface area contributed by atoms with E-state index in [4.69, 9.17) is 12.2 Å². The lowest BCUT2D eigenvalue weighted by Gasteiger charge is -2.02. The van der Waals surface area contributed by atoms with E-state index in [2.05, 4.69) is 38.4 Å². The fraction of sp³-hybridized carbons (Fsp3) is 0.111. The average molecular weight is 304 g/mol. The van der Waals surface area contributed by atoms with Crippen LogP contribution in [0.2, 0.25) is 0 Å². The summed E-state index contributed by atoms with van der Waals surface area (Å²) in [5.41, 5.74) is 2.71. The van der Waals surface area contributed by atoms with Crippen LogP contribution in [0, 0.1) is 0 Å². The zero-order chi connectivity index (χ0) is 11.1. The van der Waals surface area contributed by atoms with Crippen LogP contribution in [-0.4, -0.2) is 17.9 Å². The molecule has 6 heteroatoms. The molecule has 15 heavy (non-hydrogen) atoms. The minimum atomic E-state index is 0.488. The molecule has 0 bridgehead atoms. The van der Waals surface area contributed by atoms with Crippen LogP contribution in [0.3, 0.4) is 0 Å². The highest BCUT2D eigenvalue weighted by atomic mass is 79.9. The van der Waals surface area contributed by atoms with Gasteiger partial charge < -0.3 is 5.32 Å². The first-order valence-electron chi connectivity index (χ1n) is 4.15. The van der Waals surface area contributed by atoms with Crippen molar-refractivity contribution in [2.75, 3.05) is 6.54 Å². The molecule has 1 rings (SSSR count). The van der Waals surface area contributed by atoms with Gasteiger partial charge in [0.2, 0.25) is 0 Å². The van der Waals surface area contributed by atoms with Crippen molar-refractivity contribution in [1.29, 1.82) is 0 Å². The van der Waals surface area contributed by atoms with E-state index in [-0.39, 0.29) is 0 Å². The third kappa shape index (κ3) is 5.06. The summed E-state index contributed by atoms with van der Waals surface area (Å²) in [5, 5.41) is 7.38. The van der Waals surface area contributed by atoms with E-state index in [9.17, 15) is 0 Å². The minimum Gasteiger partial charge on any atom is -0.358 e. The summed E-state index contributed by atoms with van der Waals surface area (Å²) in [7, 11) is 0. The largest absolute Gasteiger partial charge is 0.358 e. The first-order chi connectivity index (χ1) is 7.22. The molecule has 0 fully saturated rings. The first-order valence-corrected chi connectivity index (χ1v) is 6.17. The van der Waals surface area contributed by atoms with Crippen LogP contribution < -0.4 is 10.7 Å². The van der Waals surface area contributed by atoms with Crippen molar-refractivity contribution >= 4 is 50.8 Å². The normalized spacial score (nSPS) is 10.2. The highest BCUT2D eigenvalue weighted by Crippen LogP contribution is 2.20. The van der Waals surface area contributed by atoms with Crippen LogP contribution >= 0.6 is 39.5 Å². The number of thiocarbonyl (C=S) groups is 1. The van der Waals surface area contributed by atoms with Gasteiger partial charge in [-0.2, -0.15) is 5.10 Å². The standard InChI is InChI=1S/C9H10BrN3S2/c1-2-5-11-9(14)13-12-6-7-3-4-8(10)15-7/h2-4,6H,1,5H2,(H2,11,13,14)/b12-6-. The summed E-state index contributed by atoms with van der Waals surface area (Å²) in [6, 6.07) is 3.94. The van der Waals surface area contributed by atoms with E-state index in [0.717, 1.165) is 8.66 Å². The predicted octanol–water partition coefficient (Wildman–Crippen LogP) is 2.49. The van der Waals surface area contributed by atoms with Gasteiger partial charge in [0.25, 0.3) is 0 Å². The zero-order valence-corrected chi connectivity index (χ0v) is 11.1. The number of rotatable bonds is 4. The van der Waals surface area contributed by atoms with Gasteiger partial charge in [-0.3, -0.25) is 5.43 Å². The van der Waals surface area contributed by atoms with Crippen LogP contribution in [0.1, 0.15) is 4.88 Å². The second-order valence-electron chi connectivity index (χ2n) is 2.51. The van der Waals surface area contributed by atoms with Crippen LogP contribution in [0.5, 0.6) is 0 Å². The highest BCUT2D eigenvalue weighted by molar-refractivity contribution is 9.11. The summed E-state index contributed by atoms with van der Waals surface area (Å²) in [4.78, 5) is 1.06. The van der Waals surface area contributed by atoms with Gasteiger partial charge >= 0.3 is 0 Å². The van der Waals surface area contributed by atoms with E-state index in [0.29, 0.717) is 11.7 Å². The van der Waals surface area contributed by atoms with Gasteiger partial charge in [-0.1, -0.05) is 6.08 Å². The number of hydrogen-bond acceptors (Lipinski definition) is 3. The van der Waals surface area contributed by atoms with Crippen LogP contribution in [0.15, 0.2) is 33.7 Å². The second-order valence-corrected chi connectivity index (χ2v) is 5.41. The number of hydrazone groups is 1. The lowest BCUT2D eigenvalue weighted by Crippen LogP contribution is -2.31. The Morgan fingerprint density at radius 2 is 2.47 bits per heavy atom. The number of halogens is 1. The Hall–Kier alpha value is -0.720. The van der Waals surface area contributed by atoms with Crippen molar-refractivity contribution in [1.82, 2.24) is 10.7 Å². The van der Waals surface area contributed by atoms with E-state index in [1.165, 1.54) is 0 Å². The van der Waals surface area contributed by atoms with Crippen molar-refractivity contribution < 1.29 is 0 Å². The molecular formula is C9H10BrN3S2. The van der Waals surface area contributed by atoms with Gasteiger partial charge in [-0.15, -0.1) is 17.9 Å². The van der Waals surface area contributed by atoms with Crippen molar-refractivity contribution in [3.8, 4) is 0 Å². The van der Waals surface area contributed by atoms with E-state index >= 15 is 0 Å². The third-order valence-corrected chi connectivity index (χ3v) is 3.15. The maximum atomic E-state index is 4.95. The SMILES string of the molecule is C=CCNC(=S)N/N=C\c1ccc(Br)s1. The number of thiophene rings is 1. The maximum Gasteiger partial charge on any atom is 0.187 e. The smallest absolute Gasteiger partial charge is 0.187 e. The molecule has 0 aliphatic carbocycles. The lowest BCUT2D eigenvalue weighted by atomic mass is 10.5. The Bertz CT molecular complexity index is 373. The van der Waals surface area contributed by atoms with Gasteiger partial charge in [0.15, 0.2) is 5.11 Å². The second kappa shape index (κ2) is 6.71. The van der Waals surface area contributed by atoms with E-state index in [1.807, 2.05) is 12.1 Å². The summed E-state index contributed by atoms with van der Waals surface area (Å²) >= 11 is 9.93. The molecule has 0 saturated carbocycles. The van der Waals surface area contributed by atoms with Gasteiger partial charge in [-0.25, -0.2) is 0 Å². The fourth-order valence-electron chi connectivity index (χ4n) is 0.757. The van der Waals surface area contributed by atoms with Gasteiger partial charge in [0.1, 0.15) is 0 Å². The number of nitrogens with one attached hydrogen (secondary N) is 2. The number of hydrogen-bond donors (Lipinski definition) is 2. The first kappa shape index (κ1) is 12.4. The Morgan fingerprint density at radius 1 is 1.67 bits per heavy atom. The van der Waals surface area contributed by atoms with Crippen LogP contribution in [-0.2, 0) is 0 Å². The average Bonchev–Trinajstić information content (AvgIpc) is 2.61. The molecular weight excluding hydrogens is 294 g/mol. The Morgan fingerprint density at radius 3 is 3.07 bits per heavy atom. The summed E-state index contributed by atoms with van der Waals surface area (Å²) in [6.07, 6.45) is 3.45. The maximum absolute atomic E-state index is 4.95. The van der Waals surface area contributed by atoms with E-state index in [1.54, 1.807) is 23.6 Å². The zero-order valence-electron chi connectivity index (χ0n) is 7.87. The van der Waals surface area contributed by atoms with Crippen molar-refractivity contribution in [2.24, 2.45) is 5.10 Å². The Kier molecular flexibility index (Phi) is 5.52. The molecule has 1 heterocycles. The molecule has 0 aliphatic rings. The molecule has 0 atom stereocenters. The van der Waals surface area contributed by atoms with E-state index < -0.39 is 0 Å². The molecule has 80 valence electrons. The quantitative estimate of drug-likeness (QED) is 0.388. The van der Waals surface area contributed by atoms with Crippen molar-refractivity contribution in [2.45, 2.75) is 0 Å². The molecule has 0 amide bonds. The van der Waals surface area contributed by atoms with Gasteiger partial charge in [-0.05, 0) is 40.3 Å². The fourth-order valence-corrected chi connectivity index (χ4v) is 2.19. The molecule has 0 aromatic carbocycles. The topological polar surface area (TPSA) is 36.4 Å². The molecule has 3 nitrogen and oxygen atoms in total. The molecule has 0 radical (unpaired) electrons. The molecule has 0 aliphatic heterocycles. The predicted molar refractivity (Wildman–Crippen MR) is 73.5 cm³/mol. The Balaban J connectivity index is 2.33. The monoisotopic (exact) mass is 303 g/mol. The molecule has 1 aromatic rings. The van der Waals surface area contributed by atoms with Crippen LogP contribution in [0.25, 0.3) is 0 Å². The molecule has 2 N–H and O–H groups in total. The van der Waals surface area contributed by atoms with Gasteiger partial charge in [0, 0.05) is 11.4 Å². The number of nitrogens with zero attached hydrogens (tertiary/aromatic N) is 1. The van der Waals surface area contributed by atoms with Crippen molar-refractivity contribution in [3.63, 3.8) is 0 Å². The minimum absolute atomic E-state index is 0.488. The van der Waals surface area contributed by atoms with Crippen molar-refractivity contribution in [3.05, 3.63) is 33.5 Å². The molecule has 0 spiro atoms. The van der Waals surface area contributed by atoms with Gasteiger partial charge in [0.05, 0.1) is 10.0 Å². The highest BCUT2D eigenvalue weighted by Gasteiger charge is 1.93. The van der Waals surface area contributed by atoms with Crippen LogP contribution in [0.4, 0.5) is 0 Å². The molecule has 1 aromatic heterocycles. The lowest BCUT2D eigenvalue weighted by molar-refractivity contribution is 0.942. The Labute approximate surface area is 106 Å². The summed E-state index contributed by atoms with van der Waals surface area (Å²) in [6.45, 7) is 4.20. The summed E-state index contributed by atoms with van der Waals surface area (Å²) < 4.78 is 1.08.